The number of nitrogens with two attached hydrogens (primary N) is 1. The molecule has 20 heavy (non-hydrogen) atoms. The van der Waals surface area contributed by atoms with Gasteiger partial charge in [-0.05, 0) is 25.1 Å². The number of hydrogen-bond acceptors (Lipinski definition) is 4. The molecule has 0 unspecified atom stereocenters. The fourth-order valence-corrected chi connectivity index (χ4v) is 1.67. The van der Waals surface area contributed by atoms with Crippen molar-refractivity contribution in [2.45, 2.75) is 6.92 Å². The molecule has 1 aromatic carbocycles. The molecule has 0 heterocycles. The number of nitrogens with one attached hydrogen (secondary N) is 1. The molecule has 0 radical (unpaired) electrons. The predicted molar refractivity (Wildman–Crippen MR) is 80.8 cm³/mol. The van der Waals surface area contributed by atoms with Gasteiger partial charge in [-0.1, -0.05) is 0 Å². The van der Waals surface area contributed by atoms with Gasteiger partial charge in [0.2, 0.25) is 5.91 Å². The number of rotatable bonds is 5. The maximum absolute atomic E-state index is 11.9. The number of anilines is 2. The lowest BCUT2D eigenvalue weighted by Crippen LogP contribution is -2.38. The summed E-state index contributed by atoms with van der Waals surface area (Å²) in [4.78, 5) is 27.0. The predicted octanol–water partition coefficient (Wildman–Crippen LogP) is 0.543. The van der Waals surface area contributed by atoms with Crippen LogP contribution >= 0.6 is 0 Å². The van der Waals surface area contributed by atoms with Crippen LogP contribution in [-0.4, -0.2) is 50.9 Å². The lowest BCUT2D eigenvalue weighted by Gasteiger charge is -2.17. The largest absolute Gasteiger partial charge is 0.397 e. The van der Waals surface area contributed by atoms with E-state index in [2.05, 4.69) is 5.32 Å². The highest BCUT2D eigenvalue weighted by Gasteiger charge is 2.12. The Balaban J connectivity index is 2.69. The average Bonchev–Trinajstić information content (AvgIpc) is 2.42. The third-order valence-corrected chi connectivity index (χ3v) is 3.07. The summed E-state index contributed by atoms with van der Waals surface area (Å²) < 4.78 is 0. The summed E-state index contributed by atoms with van der Waals surface area (Å²) in [5.74, 6) is -0.432. The quantitative estimate of drug-likeness (QED) is 0.771. The van der Waals surface area contributed by atoms with Crippen LogP contribution in [0.15, 0.2) is 18.2 Å². The minimum atomic E-state index is -0.306. The fraction of sp³-hybridized carbons (Fsp3) is 0.429. The van der Waals surface area contributed by atoms with Gasteiger partial charge in [-0.3, -0.25) is 9.59 Å². The van der Waals surface area contributed by atoms with Crippen LogP contribution < -0.4 is 16.0 Å². The van der Waals surface area contributed by atoms with Crippen LogP contribution in [0.25, 0.3) is 0 Å². The number of carbonyl (C=O) groups is 2. The summed E-state index contributed by atoms with van der Waals surface area (Å²) in [6.07, 6.45) is 0. The Kier molecular flexibility index (Phi) is 5.37. The standard InChI is InChI=1S/C14H22N4O2/c1-5-18(4)13(19)9-16-14(20)10-6-7-12(17(2)3)11(15)8-10/h6-8H,5,9,15H2,1-4H3,(H,16,20). The summed E-state index contributed by atoms with van der Waals surface area (Å²) in [5, 5.41) is 2.59. The van der Waals surface area contributed by atoms with Crippen molar-refractivity contribution < 1.29 is 9.59 Å². The molecule has 0 atom stereocenters. The first-order chi connectivity index (χ1) is 9.36. The highest BCUT2D eigenvalue weighted by Crippen LogP contribution is 2.22. The van der Waals surface area contributed by atoms with Crippen LogP contribution in [0.1, 0.15) is 17.3 Å². The highest BCUT2D eigenvalue weighted by atomic mass is 16.2. The normalized spacial score (nSPS) is 10.0. The van der Waals surface area contributed by atoms with E-state index in [0.29, 0.717) is 17.8 Å². The first kappa shape index (κ1) is 15.8. The Labute approximate surface area is 119 Å². The molecule has 0 bridgehead atoms. The molecular formula is C14H22N4O2. The van der Waals surface area contributed by atoms with Crippen molar-refractivity contribution in [2.24, 2.45) is 0 Å². The van der Waals surface area contributed by atoms with Crippen molar-refractivity contribution in [3.05, 3.63) is 23.8 Å². The Morgan fingerprint density at radius 2 is 1.90 bits per heavy atom. The highest BCUT2D eigenvalue weighted by molar-refractivity contribution is 5.98. The molecule has 3 N–H and O–H groups in total. The molecule has 0 spiro atoms. The second kappa shape index (κ2) is 6.79. The van der Waals surface area contributed by atoms with Gasteiger partial charge in [-0.25, -0.2) is 0 Å². The number of benzene rings is 1. The first-order valence-electron chi connectivity index (χ1n) is 6.45. The van der Waals surface area contributed by atoms with Gasteiger partial charge >= 0.3 is 0 Å². The molecule has 110 valence electrons. The molecule has 0 fully saturated rings. The monoisotopic (exact) mass is 278 g/mol. The van der Waals surface area contributed by atoms with Crippen LogP contribution in [0.5, 0.6) is 0 Å². The lowest BCUT2D eigenvalue weighted by molar-refractivity contribution is -0.128. The molecule has 1 aromatic rings. The van der Waals surface area contributed by atoms with Gasteiger partial charge in [0.05, 0.1) is 17.9 Å². The van der Waals surface area contributed by atoms with Crippen molar-refractivity contribution in [1.29, 1.82) is 0 Å². The van der Waals surface area contributed by atoms with Crippen LogP contribution in [0.3, 0.4) is 0 Å². The third kappa shape index (κ3) is 3.88. The number of hydrogen-bond donors (Lipinski definition) is 2. The SMILES string of the molecule is CCN(C)C(=O)CNC(=O)c1ccc(N(C)C)c(N)c1. The van der Waals surface area contributed by atoms with Gasteiger partial charge in [0.25, 0.3) is 5.91 Å². The maximum Gasteiger partial charge on any atom is 0.251 e. The number of nitrogen functional groups attached to an aromatic ring is 1. The smallest absolute Gasteiger partial charge is 0.251 e. The second-order valence-electron chi connectivity index (χ2n) is 4.76. The van der Waals surface area contributed by atoms with E-state index in [-0.39, 0.29) is 18.4 Å². The molecule has 1 rings (SSSR count). The summed E-state index contributed by atoms with van der Waals surface area (Å²) in [5.41, 5.74) is 7.71. The molecule has 0 aromatic heterocycles. The van der Waals surface area contributed by atoms with E-state index in [1.54, 1.807) is 30.1 Å². The van der Waals surface area contributed by atoms with E-state index < -0.39 is 0 Å². The summed E-state index contributed by atoms with van der Waals surface area (Å²) in [6.45, 7) is 2.47. The molecule has 0 aliphatic carbocycles. The topological polar surface area (TPSA) is 78.7 Å². The minimum absolute atomic E-state index is 0.0154. The fourth-order valence-electron chi connectivity index (χ4n) is 1.67. The third-order valence-electron chi connectivity index (χ3n) is 3.07. The lowest BCUT2D eigenvalue weighted by atomic mass is 10.1. The number of nitrogens with zero attached hydrogens (tertiary/aromatic N) is 2. The van der Waals surface area contributed by atoms with E-state index in [0.717, 1.165) is 5.69 Å². The minimum Gasteiger partial charge on any atom is -0.397 e. The Morgan fingerprint density at radius 1 is 1.25 bits per heavy atom. The van der Waals surface area contributed by atoms with Crippen LogP contribution in [0.4, 0.5) is 11.4 Å². The van der Waals surface area contributed by atoms with Gasteiger partial charge in [-0.2, -0.15) is 0 Å². The van der Waals surface area contributed by atoms with E-state index in [1.807, 2.05) is 25.9 Å². The van der Waals surface area contributed by atoms with E-state index >= 15 is 0 Å². The van der Waals surface area contributed by atoms with E-state index in [1.165, 1.54) is 0 Å². The summed E-state index contributed by atoms with van der Waals surface area (Å²) in [6, 6.07) is 5.08. The number of carbonyl (C=O) groups excluding carboxylic acids is 2. The van der Waals surface area contributed by atoms with Gasteiger partial charge in [-0.15, -0.1) is 0 Å². The molecule has 2 amide bonds. The van der Waals surface area contributed by atoms with Crippen LogP contribution in [-0.2, 0) is 4.79 Å². The zero-order valence-electron chi connectivity index (χ0n) is 12.4. The Bertz CT molecular complexity index is 500. The van der Waals surface area contributed by atoms with E-state index in [4.69, 9.17) is 5.73 Å². The molecule has 0 saturated carbocycles. The Hall–Kier alpha value is -2.24. The average molecular weight is 278 g/mol. The number of likely N-dealkylation sites (N-methyl/N-ethyl adjacent to an activating group) is 1. The first-order valence-corrected chi connectivity index (χ1v) is 6.45. The van der Waals surface area contributed by atoms with Crippen LogP contribution in [0, 0.1) is 0 Å². The van der Waals surface area contributed by atoms with Crippen molar-refractivity contribution in [1.82, 2.24) is 10.2 Å². The van der Waals surface area contributed by atoms with Crippen molar-refractivity contribution >= 4 is 23.2 Å². The van der Waals surface area contributed by atoms with E-state index in [9.17, 15) is 9.59 Å². The van der Waals surface area contributed by atoms with Crippen molar-refractivity contribution in [3.8, 4) is 0 Å². The molecule has 6 heteroatoms. The van der Waals surface area contributed by atoms with Gasteiger partial charge in [0.15, 0.2) is 0 Å². The summed E-state index contributed by atoms with van der Waals surface area (Å²) >= 11 is 0. The van der Waals surface area contributed by atoms with Gasteiger partial charge in [0.1, 0.15) is 0 Å². The summed E-state index contributed by atoms with van der Waals surface area (Å²) in [7, 11) is 5.45. The van der Waals surface area contributed by atoms with Crippen LogP contribution in [0.2, 0.25) is 0 Å². The zero-order chi connectivity index (χ0) is 15.3. The molecule has 0 aliphatic rings. The molecule has 0 aliphatic heterocycles. The van der Waals surface area contributed by atoms with Gasteiger partial charge < -0.3 is 20.9 Å². The maximum atomic E-state index is 11.9. The number of amides is 2. The van der Waals surface area contributed by atoms with Gasteiger partial charge in [0, 0.05) is 33.3 Å². The zero-order valence-corrected chi connectivity index (χ0v) is 12.4. The van der Waals surface area contributed by atoms with Crippen molar-refractivity contribution in [3.63, 3.8) is 0 Å². The molecule has 6 nitrogen and oxygen atoms in total. The molecule has 0 saturated heterocycles. The second-order valence-corrected chi connectivity index (χ2v) is 4.76. The molecular weight excluding hydrogens is 256 g/mol. The van der Waals surface area contributed by atoms with Crippen molar-refractivity contribution in [2.75, 3.05) is 44.9 Å². The Morgan fingerprint density at radius 3 is 2.40 bits per heavy atom.